The smallest absolute Gasteiger partial charge is 0.382 e. The highest BCUT2D eigenvalue weighted by atomic mass is 35.5. The Hall–Kier alpha value is -2.26. The molecule has 0 saturated heterocycles. The zero-order valence-electron chi connectivity index (χ0n) is 15.6. The first-order chi connectivity index (χ1) is 13.2. The Morgan fingerprint density at radius 1 is 1.18 bits per heavy atom. The van der Waals surface area contributed by atoms with Gasteiger partial charge < -0.3 is 4.74 Å². The van der Waals surface area contributed by atoms with Gasteiger partial charge in [-0.3, -0.25) is 0 Å². The van der Waals surface area contributed by atoms with Crippen LogP contribution >= 0.6 is 11.6 Å². The molecule has 1 unspecified atom stereocenters. The first kappa shape index (κ1) is 20.5. The van der Waals surface area contributed by atoms with E-state index >= 15 is 0 Å². The molecule has 10 heteroatoms. The summed E-state index contributed by atoms with van der Waals surface area (Å²) >= 11 is 6.16. The predicted molar refractivity (Wildman–Crippen MR) is 98.1 cm³/mol. The molecule has 150 valence electrons. The highest BCUT2D eigenvalue weighted by Gasteiger charge is 2.31. The van der Waals surface area contributed by atoms with Gasteiger partial charge in [-0.15, -0.1) is 5.10 Å². The molecule has 3 rings (SSSR count). The number of alkyl halides is 3. The van der Waals surface area contributed by atoms with Crippen LogP contribution in [0.3, 0.4) is 0 Å². The van der Waals surface area contributed by atoms with E-state index in [1.54, 1.807) is 7.11 Å². The lowest BCUT2D eigenvalue weighted by Crippen LogP contribution is -2.11. The van der Waals surface area contributed by atoms with Gasteiger partial charge in [-0.1, -0.05) is 17.7 Å². The number of benzene rings is 1. The van der Waals surface area contributed by atoms with Gasteiger partial charge in [0.2, 0.25) is 5.82 Å². The van der Waals surface area contributed by atoms with Gasteiger partial charge >= 0.3 is 6.18 Å². The molecule has 0 amide bonds. The summed E-state index contributed by atoms with van der Waals surface area (Å²) in [7, 11) is 1.63. The Morgan fingerprint density at radius 2 is 1.93 bits per heavy atom. The quantitative estimate of drug-likeness (QED) is 0.595. The molecule has 0 spiro atoms. The summed E-state index contributed by atoms with van der Waals surface area (Å²) in [6.45, 7) is 4.26. The largest absolute Gasteiger partial charge is 0.416 e. The standard InChI is InChI=1S/C18H19ClF3N5O/c1-4-27-25-15(12-7-6-11(9-13(12)19)18(20,21)22)16-17(26-27)24-14(23-16)8-5-10(2)28-3/h6-7,9-10H,4-5,8H2,1-3H3. The summed E-state index contributed by atoms with van der Waals surface area (Å²) in [6.07, 6.45) is -3.11. The molecule has 1 atom stereocenters. The number of aromatic nitrogens is 5. The first-order valence-electron chi connectivity index (χ1n) is 8.74. The second kappa shape index (κ2) is 8.00. The van der Waals surface area contributed by atoms with Crippen LogP contribution in [0.15, 0.2) is 18.2 Å². The molecule has 28 heavy (non-hydrogen) atoms. The van der Waals surface area contributed by atoms with Crippen molar-refractivity contribution in [1.29, 1.82) is 0 Å². The normalized spacial score (nSPS) is 13.2. The number of methoxy groups -OCH3 is 1. The number of hydrogen-bond donors (Lipinski definition) is 0. The second-order valence-corrected chi connectivity index (χ2v) is 6.73. The minimum atomic E-state index is -4.47. The summed E-state index contributed by atoms with van der Waals surface area (Å²) in [6, 6.07) is 3.16. The van der Waals surface area contributed by atoms with Crippen molar-refractivity contribution in [2.24, 2.45) is 0 Å². The molecule has 0 fully saturated rings. The number of rotatable bonds is 6. The molecule has 2 aliphatic heterocycles. The summed E-state index contributed by atoms with van der Waals surface area (Å²) in [4.78, 5) is 10.4. The van der Waals surface area contributed by atoms with Gasteiger partial charge in [0.1, 0.15) is 17.2 Å². The van der Waals surface area contributed by atoms with E-state index in [9.17, 15) is 13.2 Å². The first-order valence-corrected chi connectivity index (χ1v) is 9.12. The molecule has 0 aliphatic carbocycles. The Kier molecular flexibility index (Phi) is 5.85. The van der Waals surface area contributed by atoms with E-state index in [1.165, 1.54) is 10.9 Å². The zero-order chi connectivity index (χ0) is 20.5. The average molecular weight is 414 g/mol. The molecule has 0 radical (unpaired) electrons. The van der Waals surface area contributed by atoms with Crippen molar-refractivity contribution in [1.82, 2.24) is 25.0 Å². The minimum absolute atomic E-state index is 0.0529. The fourth-order valence-corrected chi connectivity index (χ4v) is 2.94. The Morgan fingerprint density at radius 3 is 2.54 bits per heavy atom. The number of imidazole rings is 1. The summed E-state index contributed by atoms with van der Waals surface area (Å²) in [5.41, 5.74) is 0.286. The van der Waals surface area contributed by atoms with Gasteiger partial charge in [-0.2, -0.15) is 23.1 Å². The summed E-state index contributed by atoms with van der Waals surface area (Å²) in [5.74, 6) is 0.953. The number of aryl methyl sites for hydroxylation is 2. The van der Waals surface area contributed by atoms with Crippen molar-refractivity contribution in [2.75, 3.05) is 7.11 Å². The second-order valence-electron chi connectivity index (χ2n) is 6.33. The van der Waals surface area contributed by atoms with E-state index in [4.69, 9.17) is 16.3 Å². The van der Waals surface area contributed by atoms with Crippen LogP contribution in [-0.4, -0.2) is 38.2 Å². The van der Waals surface area contributed by atoms with Gasteiger partial charge in [0.15, 0.2) is 0 Å². The number of fused-ring (bicyclic) bond motifs is 1. The van der Waals surface area contributed by atoms with Crippen LogP contribution in [0.2, 0.25) is 5.02 Å². The Bertz CT molecular complexity index is 944. The maximum atomic E-state index is 12.9. The molecule has 2 heterocycles. The van der Waals surface area contributed by atoms with Crippen LogP contribution in [0.4, 0.5) is 13.2 Å². The van der Waals surface area contributed by atoms with Crippen LogP contribution < -0.4 is 0 Å². The number of ether oxygens (including phenoxy) is 1. The number of nitrogens with zero attached hydrogens (tertiary/aromatic N) is 5. The summed E-state index contributed by atoms with van der Waals surface area (Å²) in [5, 5.41) is 8.63. The molecule has 1 aromatic carbocycles. The molecule has 0 bridgehead atoms. The average Bonchev–Trinajstić information content (AvgIpc) is 3.07. The maximum absolute atomic E-state index is 12.9. The van der Waals surface area contributed by atoms with Crippen molar-refractivity contribution < 1.29 is 17.9 Å². The molecule has 0 aromatic heterocycles. The number of halogens is 4. The van der Waals surface area contributed by atoms with E-state index in [0.29, 0.717) is 41.6 Å². The van der Waals surface area contributed by atoms with Crippen LogP contribution in [0.5, 0.6) is 0 Å². The van der Waals surface area contributed by atoms with E-state index < -0.39 is 11.7 Å². The van der Waals surface area contributed by atoms with E-state index in [2.05, 4.69) is 20.2 Å². The summed E-state index contributed by atoms with van der Waals surface area (Å²) < 4.78 is 44.0. The minimum Gasteiger partial charge on any atom is -0.382 e. The van der Waals surface area contributed by atoms with E-state index in [0.717, 1.165) is 18.6 Å². The lowest BCUT2D eigenvalue weighted by molar-refractivity contribution is -0.137. The topological polar surface area (TPSA) is 65.7 Å². The molecular formula is C18H19ClF3N5O. The van der Waals surface area contributed by atoms with Crippen LogP contribution in [0.1, 0.15) is 31.7 Å². The Balaban J connectivity index is 2.06. The SMILES string of the molecule is CCn1nc2nc(CCC(C)OC)nc-2c(-c2ccc(C(F)(F)F)cc2Cl)n1. The Labute approximate surface area is 165 Å². The van der Waals surface area contributed by atoms with Crippen molar-refractivity contribution in [3.8, 4) is 22.8 Å². The van der Waals surface area contributed by atoms with Crippen molar-refractivity contribution in [3.63, 3.8) is 0 Å². The molecule has 2 aliphatic rings. The molecule has 1 aromatic rings. The van der Waals surface area contributed by atoms with Crippen molar-refractivity contribution in [2.45, 2.75) is 45.5 Å². The maximum Gasteiger partial charge on any atom is 0.416 e. The fourth-order valence-electron chi connectivity index (χ4n) is 2.67. The lowest BCUT2D eigenvalue weighted by atomic mass is 10.1. The highest BCUT2D eigenvalue weighted by molar-refractivity contribution is 6.33. The van der Waals surface area contributed by atoms with Crippen LogP contribution in [0, 0.1) is 0 Å². The van der Waals surface area contributed by atoms with Crippen molar-refractivity contribution in [3.05, 3.63) is 34.6 Å². The molecule has 6 nitrogen and oxygen atoms in total. The zero-order valence-corrected chi connectivity index (χ0v) is 16.3. The molecule has 0 saturated carbocycles. The van der Waals surface area contributed by atoms with Gasteiger partial charge in [-0.25, -0.2) is 9.97 Å². The van der Waals surface area contributed by atoms with Gasteiger partial charge in [0.25, 0.3) is 0 Å². The van der Waals surface area contributed by atoms with E-state index in [1.807, 2.05) is 13.8 Å². The van der Waals surface area contributed by atoms with Gasteiger partial charge in [-0.05, 0) is 32.4 Å². The lowest BCUT2D eigenvalue weighted by Gasteiger charge is -2.12. The predicted octanol–water partition coefficient (Wildman–Crippen LogP) is 4.50. The fraction of sp³-hybridized carbons (Fsp3) is 0.444. The molecule has 0 N–H and O–H groups in total. The van der Waals surface area contributed by atoms with Gasteiger partial charge in [0.05, 0.1) is 23.2 Å². The highest BCUT2D eigenvalue weighted by Crippen LogP contribution is 2.37. The number of hydrogen-bond acceptors (Lipinski definition) is 5. The van der Waals surface area contributed by atoms with Gasteiger partial charge in [0, 0.05) is 19.1 Å². The van der Waals surface area contributed by atoms with E-state index in [-0.39, 0.29) is 11.1 Å². The van der Waals surface area contributed by atoms with Crippen molar-refractivity contribution >= 4 is 11.6 Å². The third-order valence-corrected chi connectivity index (χ3v) is 4.66. The van der Waals surface area contributed by atoms with Crippen LogP contribution in [0.25, 0.3) is 22.8 Å². The third-order valence-electron chi connectivity index (χ3n) is 4.35. The monoisotopic (exact) mass is 413 g/mol. The van der Waals surface area contributed by atoms with Crippen LogP contribution in [-0.2, 0) is 23.9 Å². The molecular weight excluding hydrogens is 395 g/mol. The third kappa shape index (κ3) is 4.25.